The molecule has 27 heavy (non-hydrogen) atoms. The molecular weight excluding hydrogens is 358 g/mol. The molecule has 1 aromatic heterocycles. The third kappa shape index (κ3) is 4.28. The van der Waals surface area contributed by atoms with Crippen molar-refractivity contribution in [3.8, 4) is 11.3 Å². The van der Waals surface area contributed by atoms with Crippen molar-refractivity contribution in [3.05, 3.63) is 65.9 Å². The summed E-state index contributed by atoms with van der Waals surface area (Å²) in [6.07, 6.45) is 1.67. The number of imidazole rings is 1. The van der Waals surface area contributed by atoms with Crippen LogP contribution in [0, 0.1) is 13.8 Å². The molecule has 0 unspecified atom stereocenters. The van der Waals surface area contributed by atoms with E-state index < -0.39 is 0 Å². The molecule has 0 spiro atoms. The first kappa shape index (κ1) is 18.9. The predicted molar refractivity (Wildman–Crippen MR) is 109 cm³/mol. The maximum atomic E-state index is 12.4. The molecule has 138 valence electrons. The molecule has 2 aromatic carbocycles. The Hall–Kier alpha value is -2.86. The van der Waals surface area contributed by atoms with Gasteiger partial charge in [-0.1, -0.05) is 60.3 Å². The Labute approximate surface area is 162 Å². The van der Waals surface area contributed by atoms with Crippen molar-refractivity contribution < 1.29 is 9.59 Å². The number of nitrogens with zero attached hydrogens (tertiary/aromatic N) is 2. The van der Waals surface area contributed by atoms with Gasteiger partial charge in [0.25, 0.3) is 0 Å². The van der Waals surface area contributed by atoms with Gasteiger partial charge in [-0.15, -0.1) is 0 Å². The first-order valence-corrected chi connectivity index (χ1v) is 9.59. The maximum Gasteiger partial charge on any atom is 0.234 e. The number of amides is 1. The molecular formula is C21H21N3O2S. The van der Waals surface area contributed by atoms with Gasteiger partial charge in [-0.2, -0.15) is 0 Å². The molecule has 3 aromatic rings. The third-order valence-corrected chi connectivity index (χ3v) is 5.14. The van der Waals surface area contributed by atoms with Crippen LogP contribution in [0.1, 0.15) is 22.8 Å². The number of nitrogens with one attached hydrogen (secondary N) is 1. The number of carbonyl (C=O) groups excluding carboxylic acids is 2. The second-order valence-electron chi connectivity index (χ2n) is 6.25. The van der Waals surface area contributed by atoms with E-state index in [9.17, 15) is 9.59 Å². The molecule has 0 aliphatic rings. The fraction of sp³-hybridized carbons (Fsp3) is 0.190. The van der Waals surface area contributed by atoms with E-state index in [1.54, 1.807) is 10.8 Å². The largest absolute Gasteiger partial charge is 0.325 e. The number of anilines is 1. The van der Waals surface area contributed by atoms with Gasteiger partial charge in [0, 0.05) is 18.2 Å². The Morgan fingerprint density at radius 1 is 1.04 bits per heavy atom. The van der Waals surface area contributed by atoms with Gasteiger partial charge in [-0.05, 0) is 25.0 Å². The van der Waals surface area contributed by atoms with Gasteiger partial charge in [0.15, 0.2) is 5.16 Å². The standard InChI is InChI=1S/C21H21N3O2S/c1-14-8-7-9-15(2)20(14)23-19(26)13-27-21-22-12-18(24(21)16(3)25)17-10-5-4-6-11-17/h4-12H,13H2,1-3H3,(H,23,26). The van der Waals surface area contributed by atoms with E-state index in [0.29, 0.717) is 5.16 Å². The molecule has 0 saturated heterocycles. The minimum absolute atomic E-state index is 0.128. The molecule has 0 saturated carbocycles. The number of aromatic nitrogens is 2. The van der Waals surface area contributed by atoms with E-state index in [1.807, 2.05) is 62.4 Å². The van der Waals surface area contributed by atoms with E-state index >= 15 is 0 Å². The summed E-state index contributed by atoms with van der Waals surface area (Å²) in [6.45, 7) is 5.42. The Kier molecular flexibility index (Phi) is 5.76. The van der Waals surface area contributed by atoms with Crippen molar-refractivity contribution in [2.45, 2.75) is 25.9 Å². The van der Waals surface area contributed by atoms with Crippen LogP contribution in [0.4, 0.5) is 5.69 Å². The monoisotopic (exact) mass is 379 g/mol. The number of hydrogen-bond acceptors (Lipinski definition) is 4. The topological polar surface area (TPSA) is 64.0 Å². The highest BCUT2D eigenvalue weighted by molar-refractivity contribution is 7.99. The van der Waals surface area contributed by atoms with Crippen LogP contribution in [0.15, 0.2) is 59.9 Å². The zero-order valence-corrected chi connectivity index (χ0v) is 16.3. The highest BCUT2D eigenvalue weighted by Crippen LogP contribution is 2.26. The summed E-state index contributed by atoms with van der Waals surface area (Å²) in [5.41, 5.74) is 4.51. The van der Waals surface area contributed by atoms with E-state index in [2.05, 4.69) is 10.3 Å². The summed E-state index contributed by atoms with van der Waals surface area (Å²) in [5.74, 6) is -0.0903. The molecule has 1 N–H and O–H groups in total. The van der Waals surface area contributed by atoms with Gasteiger partial charge in [-0.25, -0.2) is 4.98 Å². The third-order valence-electron chi connectivity index (χ3n) is 4.19. The first-order valence-electron chi connectivity index (χ1n) is 8.60. The fourth-order valence-electron chi connectivity index (χ4n) is 2.87. The number of benzene rings is 2. The van der Waals surface area contributed by atoms with Crippen LogP contribution in [0.3, 0.4) is 0 Å². The SMILES string of the molecule is CC(=O)n1c(-c2ccccc2)cnc1SCC(=O)Nc1c(C)cccc1C. The average Bonchev–Trinajstić information content (AvgIpc) is 3.08. The van der Waals surface area contributed by atoms with Gasteiger partial charge in [0.05, 0.1) is 17.6 Å². The second-order valence-corrected chi connectivity index (χ2v) is 7.19. The molecule has 0 aliphatic heterocycles. The van der Waals surface area contributed by atoms with Gasteiger partial charge >= 0.3 is 0 Å². The van der Waals surface area contributed by atoms with Gasteiger partial charge in [-0.3, -0.25) is 14.2 Å². The minimum Gasteiger partial charge on any atom is -0.325 e. The summed E-state index contributed by atoms with van der Waals surface area (Å²) in [5, 5.41) is 3.47. The highest BCUT2D eigenvalue weighted by Gasteiger charge is 2.17. The second kappa shape index (κ2) is 8.22. The number of thioether (sulfide) groups is 1. The fourth-order valence-corrected chi connectivity index (χ4v) is 3.69. The smallest absolute Gasteiger partial charge is 0.234 e. The highest BCUT2D eigenvalue weighted by atomic mass is 32.2. The van der Waals surface area contributed by atoms with Crippen molar-refractivity contribution in [2.24, 2.45) is 0 Å². The van der Waals surface area contributed by atoms with Crippen LogP contribution in [-0.4, -0.2) is 27.1 Å². The molecule has 1 heterocycles. The normalized spacial score (nSPS) is 10.6. The van der Waals surface area contributed by atoms with Crippen LogP contribution < -0.4 is 5.32 Å². The lowest BCUT2D eigenvalue weighted by atomic mass is 10.1. The van der Waals surface area contributed by atoms with E-state index in [1.165, 1.54) is 18.7 Å². The summed E-state index contributed by atoms with van der Waals surface area (Å²) in [6, 6.07) is 15.5. The molecule has 6 heteroatoms. The van der Waals surface area contributed by atoms with Gasteiger partial charge in [0.2, 0.25) is 11.8 Å². The molecule has 0 atom stereocenters. The average molecular weight is 379 g/mol. The lowest BCUT2D eigenvalue weighted by molar-refractivity contribution is -0.113. The Morgan fingerprint density at radius 2 is 1.70 bits per heavy atom. The van der Waals surface area contributed by atoms with E-state index in [-0.39, 0.29) is 17.6 Å². The number of aryl methyl sites for hydroxylation is 2. The summed E-state index contributed by atoms with van der Waals surface area (Å²) in [7, 11) is 0. The summed E-state index contributed by atoms with van der Waals surface area (Å²) in [4.78, 5) is 28.9. The van der Waals surface area contributed by atoms with E-state index in [0.717, 1.165) is 28.1 Å². The van der Waals surface area contributed by atoms with Crippen LogP contribution in [-0.2, 0) is 4.79 Å². The van der Waals surface area contributed by atoms with Gasteiger partial charge in [0.1, 0.15) is 0 Å². The molecule has 0 bridgehead atoms. The lowest BCUT2D eigenvalue weighted by Gasteiger charge is -2.11. The van der Waals surface area contributed by atoms with Gasteiger partial charge < -0.3 is 5.32 Å². The minimum atomic E-state index is -0.135. The molecule has 3 rings (SSSR count). The predicted octanol–water partition coefficient (Wildman–Crippen LogP) is 4.56. The van der Waals surface area contributed by atoms with Crippen LogP contribution in [0.25, 0.3) is 11.3 Å². The molecule has 0 radical (unpaired) electrons. The molecule has 5 nitrogen and oxygen atoms in total. The van der Waals surface area contributed by atoms with Crippen LogP contribution in [0.5, 0.6) is 0 Å². The van der Waals surface area contributed by atoms with Crippen molar-refractivity contribution in [1.82, 2.24) is 9.55 Å². The first-order chi connectivity index (χ1) is 13.0. The van der Waals surface area contributed by atoms with Crippen molar-refractivity contribution in [2.75, 3.05) is 11.1 Å². The van der Waals surface area contributed by atoms with Crippen molar-refractivity contribution in [1.29, 1.82) is 0 Å². The molecule has 1 amide bonds. The lowest BCUT2D eigenvalue weighted by Crippen LogP contribution is -2.17. The Bertz CT molecular complexity index is 960. The zero-order chi connectivity index (χ0) is 19.4. The number of carbonyl (C=O) groups is 2. The summed E-state index contributed by atoms with van der Waals surface area (Å²) >= 11 is 1.25. The zero-order valence-electron chi connectivity index (χ0n) is 15.5. The Morgan fingerprint density at radius 3 is 2.33 bits per heavy atom. The number of para-hydroxylation sites is 1. The summed E-state index contributed by atoms with van der Waals surface area (Å²) < 4.78 is 1.55. The molecule has 0 aliphatic carbocycles. The van der Waals surface area contributed by atoms with E-state index in [4.69, 9.17) is 0 Å². The van der Waals surface area contributed by atoms with Crippen molar-refractivity contribution in [3.63, 3.8) is 0 Å². The quantitative estimate of drug-likeness (QED) is 0.660. The number of rotatable bonds is 5. The maximum absolute atomic E-state index is 12.4. The Balaban J connectivity index is 1.76. The van der Waals surface area contributed by atoms with Crippen molar-refractivity contribution >= 4 is 29.3 Å². The molecule has 0 fully saturated rings. The van der Waals surface area contributed by atoms with Crippen LogP contribution >= 0.6 is 11.8 Å². The van der Waals surface area contributed by atoms with Crippen LogP contribution in [0.2, 0.25) is 0 Å². The number of hydrogen-bond donors (Lipinski definition) is 1.